The van der Waals surface area contributed by atoms with Gasteiger partial charge < -0.3 is 20.4 Å². The lowest BCUT2D eigenvalue weighted by Gasteiger charge is -2.22. The van der Waals surface area contributed by atoms with Gasteiger partial charge in [0.25, 0.3) is 0 Å². The number of alkyl carbamates (subject to hydrolysis) is 1. The molecule has 5 aromatic rings. The first kappa shape index (κ1) is 31.7. The van der Waals surface area contributed by atoms with Crippen LogP contribution >= 0.6 is 11.6 Å². The van der Waals surface area contributed by atoms with Gasteiger partial charge in [0.15, 0.2) is 0 Å². The van der Waals surface area contributed by atoms with Crippen LogP contribution in [-0.4, -0.2) is 27.6 Å². The molecule has 3 N–H and O–H groups in total. The molecular weight excluding hydrogens is 598 g/mol. The Morgan fingerprint density at radius 1 is 0.978 bits per heavy atom. The Morgan fingerprint density at radius 3 is 2.42 bits per heavy atom. The molecule has 0 saturated carbocycles. The number of aromatic nitrogens is 2. The number of aromatic amines is 1. The summed E-state index contributed by atoms with van der Waals surface area (Å²) in [6, 6.07) is 19.2. The minimum atomic E-state index is -0.700. The number of H-pyrrole nitrogens is 1. The summed E-state index contributed by atoms with van der Waals surface area (Å²) in [5.74, 6) is -1.69. The standard InChI is InChI=1S/C35H33ClF2N4O3/c1-35(2,3)45-34(44)41-19-21-6-11-28-24(20-40-30(28)15-21)17-32(43)42-31(16-22-13-26(37)18-27(38)14-22)33-29(5-4-12-39-33)23-7-9-25(36)10-8-23/h4-15,18,20,31,40H,16-17,19H2,1-3H3,(H,41,44)(H,42,43). The molecular formula is C35H33ClF2N4O3. The first-order valence-electron chi connectivity index (χ1n) is 14.4. The molecule has 0 radical (unpaired) electrons. The van der Waals surface area contributed by atoms with E-state index in [9.17, 15) is 18.4 Å². The largest absolute Gasteiger partial charge is 0.444 e. The van der Waals surface area contributed by atoms with E-state index in [0.717, 1.165) is 39.2 Å². The molecule has 0 spiro atoms. The van der Waals surface area contributed by atoms with E-state index in [2.05, 4.69) is 20.6 Å². The van der Waals surface area contributed by atoms with Crippen LogP contribution in [0.3, 0.4) is 0 Å². The number of pyridine rings is 1. The van der Waals surface area contributed by atoms with Crippen molar-refractivity contribution in [1.82, 2.24) is 20.6 Å². The molecule has 7 nitrogen and oxygen atoms in total. The van der Waals surface area contributed by atoms with Crippen LogP contribution in [0.2, 0.25) is 5.02 Å². The number of nitrogens with one attached hydrogen (secondary N) is 3. The second-order valence-electron chi connectivity index (χ2n) is 11.8. The Kier molecular flexibility index (Phi) is 9.48. The predicted molar refractivity (Wildman–Crippen MR) is 171 cm³/mol. The first-order valence-corrected chi connectivity index (χ1v) is 14.8. The number of carbonyl (C=O) groups excluding carboxylic acids is 2. The van der Waals surface area contributed by atoms with Crippen LogP contribution in [-0.2, 0) is 28.9 Å². The average Bonchev–Trinajstić information content (AvgIpc) is 3.36. The zero-order chi connectivity index (χ0) is 32.1. The van der Waals surface area contributed by atoms with Crippen LogP contribution in [0.25, 0.3) is 22.0 Å². The molecule has 0 bridgehead atoms. The summed E-state index contributed by atoms with van der Waals surface area (Å²) in [5, 5.41) is 7.24. The fourth-order valence-electron chi connectivity index (χ4n) is 5.15. The van der Waals surface area contributed by atoms with Crippen molar-refractivity contribution in [3.05, 3.63) is 124 Å². The third-order valence-corrected chi connectivity index (χ3v) is 7.29. The summed E-state index contributed by atoms with van der Waals surface area (Å²) in [6.07, 6.45) is 3.04. The highest BCUT2D eigenvalue weighted by molar-refractivity contribution is 6.30. The molecule has 45 heavy (non-hydrogen) atoms. The van der Waals surface area contributed by atoms with Gasteiger partial charge in [0.1, 0.15) is 17.2 Å². The van der Waals surface area contributed by atoms with Gasteiger partial charge in [0.05, 0.1) is 18.2 Å². The molecule has 2 heterocycles. The maximum Gasteiger partial charge on any atom is 0.407 e. The van der Waals surface area contributed by atoms with Crippen LogP contribution in [0.4, 0.5) is 13.6 Å². The van der Waals surface area contributed by atoms with E-state index in [1.54, 1.807) is 51.4 Å². The highest BCUT2D eigenvalue weighted by atomic mass is 35.5. The van der Waals surface area contributed by atoms with Gasteiger partial charge in [0.2, 0.25) is 5.91 Å². The number of carbonyl (C=O) groups is 2. The molecule has 0 aliphatic carbocycles. The van der Waals surface area contributed by atoms with E-state index in [1.165, 1.54) is 12.1 Å². The van der Waals surface area contributed by atoms with Gasteiger partial charge in [-0.15, -0.1) is 0 Å². The van der Waals surface area contributed by atoms with Crippen LogP contribution < -0.4 is 10.6 Å². The van der Waals surface area contributed by atoms with E-state index in [4.69, 9.17) is 16.3 Å². The van der Waals surface area contributed by atoms with Gasteiger partial charge in [-0.1, -0.05) is 41.9 Å². The molecule has 232 valence electrons. The maximum absolute atomic E-state index is 14.1. The first-order chi connectivity index (χ1) is 21.4. The maximum atomic E-state index is 14.1. The minimum Gasteiger partial charge on any atom is -0.444 e. The lowest BCUT2D eigenvalue weighted by molar-refractivity contribution is -0.121. The number of ether oxygens (including phenoxy) is 1. The van der Waals surface area contributed by atoms with Gasteiger partial charge in [0, 0.05) is 46.5 Å². The summed E-state index contributed by atoms with van der Waals surface area (Å²) < 4.78 is 33.5. The number of fused-ring (bicyclic) bond motifs is 1. The second-order valence-corrected chi connectivity index (χ2v) is 12.2. The van der Waals surface area contributed by atoms with Gasteiger partial charge in [-0.2, -0.15) is 0 Å². The number of nitrogens with zero attached hydrogens (tertiary/aromatic N) is 1. The van der Waals surface area contributed by atoms with E-state index in [-0.39, 0.29) is 25.3 Å². The van der Waals surface area contributed by atoms with Crippen molar-refractivity contribution in [2.45, 2.75) is 51.8 Å². The fraction of sp³-hybridized carbons (Fsp3) is 0.229. The molecule has 0 saturated heterocycles. The zero-order valence-electron chi connectivity index (χ0n) is 25.1. The molecule has 1 atom stereocenters. The fourth-order valence-corrected chi connectivity index (χ4v) is 5.27. The van der Waals surface area contributed by atoms with Crippen molar-refractivity contribution >= 4 is 34.5 Å². The lowest BCUT2D eigenvalue weighted by atomic mass is 9.95. The molecule has 1 unspecified atom stereocenters. The predicted octanol–water partition coefficient (Wildman–Crippen LogP) is 7.83. The molecule has 2 aromatic heterocycles. The number of benzene rings is 3. The number of hydrogen-bond donors (Lipinski definition) is 3. The monoisotopic (exact) mass is 630 g/mol. The summed E-state index contributed by atoms with van der Waals surface area (Å²) in [4.78, 5) is 33.4. The Morgan fingerprint density at radius 2 is 1.71 bits per heavy atom. The Hall–Kier alpha value is -4.76. The smallest absolute Gasteiger partial charge is 0.407 e. The molecule has 0 fully saturated rings. The number of amides is 2. The van der Waals surface area contributed by atoms with Crippen molar-refractivity contribution in [2.24, 2.45) is 0 Å². The normalized spacial score (nSPS) is 12.1. The van der Waals surface area contributed by atoms with Gasteiger partial charge in [-0.25, -0.2) is 13.6 Å². The molecule has 3 aromatic carbocycles. The second kappa shape index (κ2) is 13.5. The number of rotatable bonds is 9. The van der Waals surface area contributed by atoms with Crippen molar-refractivity contribution in [3.63, 3.8) is 0 Å². The minimum absolute atomic E-state index is 0.0482. The summed E-state index contributed by atoms with van der Waals surface area (Å²) in [5.41, 5.74) is 4.37. The van der Waals surface area contributed by atoms with Crippen LogP contribution in [0.5, 0.6) is 0 Å². The third kappa shape index (κ3) is 8.45. The van der Waals surface area contributed by atoms with Crippen molar-refractivity contribution in [1.29, 1.82) is 0 Å². The van der Waals surface area contributed by atoms with E-state index >= 15 is 0 Å². The number of halogens is 3. The zero-order valence-corrected chi connectivity index (χ0v) is 25.8. The molecule has 10 heteroatoms. The topological polar surface area (TPSA) is 96.1 Å². The SMILES string of the molecule is CC(C)(C)OC(=O)NCc1ccc2c(CC(=O)NC(Cc3cc(F)cc(F)c3)c3ncccc3-c3ccc(Cl)cc3)c[nH]c2c1. The summed E-state index contributed by atoms with van der Waals surface area (Å²) >= 11 is 6.11. The Balaban J connectivity index is 1.37. The quantitative estimate of drug-likeness (QED) is 0.155. The molecule has 2 amide bonds. The summed E-state index contributed by atoms with van der Waals surface area (Å²) in [6.45, 7) is 5.68. The summed E-state index contributed by atoms with van der Waals surface area (Å²) in [7, 11) is 0. The lowest BCUT2D eigenvalue weighted by Crippen LogP contribution is -2.32. The van der Waals surface area contributed by atoms with E-state index in [0.29, 0.717) is 16.3 Å². The van der Waals surface area contributed by atoms with Gasteiger partial charge in [-0.05, 0) is 85.8 Å². The molecule has 5 rings (SSSR count). The number of hydrogen-bond acceptors (Lipinski definition) is 4. The highest BCUT2D eigenvalue weighted by Gasteiger charge is 2.22. The van der Waals surface area contributed by atoms with E-state index in [1.807, 2.05) is 36.4 Å². The van der Waals surface area contributed by atoms with Crippen LogP contribution in [0, 0.1) is 11.6 Å². The van der Waals surface area contributed by atoms with Crippen molar-refractivity contribution < 1.29 is 23.1 Å². The average molecular weight is 631 g/mol. The van der Waals surface area contributed by atoms with Crippen LogP contribution in [0.15, 0.2) is 85.2 Å². The Bertz CT molecular complexity index is 1810. The van der Waals surface area contributed by atoms with Crippen LogP contribution in [0.1, 0.15) is 49.2 Å². The van der Waals surface area contributed by atoms with Crippen molar-refractivity contribution in [3.8, 4) is 11.1 Å². The van der Waals surface area contributed by atoms with E-state index < -0.39 is 29.4 Å². The highest BCUT2D eigenvalue weighted by Crippen LogP contribution is 2.30. The molecule has 0 aliphatic rings. The van der Waals surface area contributed by atoms with Gasteiger partial charge >= 0.3 is 6.09 Å². The third-order valence-electron chi connectivity index (χ3n) is 7.04. The van der Waals surface area contributed by atoms with Gasteiger partial charge in [-0.3, -0.25) is 9.78 Å². The molecule has 0 aliphatic heterocycles. The van der Waals surface area contributed by atoms with Crippen molar-refractivity contribution in [2.75, 3.05) is 0 Å². The Labute approximate surface area is 265 Å².